The van der Waals surface area contributed by atoms with Gasteiger partial charge in [0.15, 0.2) is 0 Å². The first kappa shape index (κ1) is 23.7. The number of carbonyl (C=O) groups excluding carboxylic acids is 2. The summed E-state index contributed by atoms with van der Waals surface area (Å²) in [5.41, 5.74) is 1.78. The topological polar surface area (TPSA) is 105 Å². The molecule has 0 fully saturated rings. The molecule has 0 aliphatic heterocycles. The van der Waals surface area contributed by atoms with Crippen molar-refractivity contribution in [1.82, 2.24) is 0 Å². The molecular formula is C25H25NO7. The van der Waals surface area contributed by atoms with E-state index in [2.05, 4.69) is 0 Å². The molecule has 3 aromatic carbocycles. The SMILES string of the molecule is CCOC(=O)c1cc(C(C)c2ccc([N+](=O)[O-])cc2)c2ccc(OC)cc2c1C(=O)OCC. The number of hydrogen-bond acceptors (Lipinski definition) is 7. The number of benzene rings is 3. The summed E-state index contributed by atoms with van der Waals surface area (Å²) in [5.74, 6) is -0.995. The predicted molar refractivity (Wildman–Crippen MR) is 123 cm³/mol. The molecule has 0 aromatic heterocycles. The van der Waals surface area contributed by atoms with Crippen molar-refractivity contribution in [3.05, 3.63) is 80.9 Å². The quantitative estimate of drug-likeness (QED) is 0.261. The Hall–Kier alpha value is -3.94. The highest BCUT2D eigenvalue weighted by Crippen LogP contribution is 2.37. The Morgan fingerprint density at radius 1 is 0.939 bits per heavy atom. The third kappa shape index (κ3) is 4.79. The zero-order valence-corrected chi connectivity index (χ0v) is 18.9. The number of methoxy groups -OCH3 is 1. The number of hydrogen-bond donors (Lipinski definition) is 0. The first-order valence-electron chi connectivity index (χ1n) is 10.6. The molecule has 0 aliphatic carbocycles. The lowest BCUT2D eigenvalue weighted by Gasteiger charge is -2.20. The van der Waals surface area contributed by atoms with Crippen molar-refractivity contribution in [2.75, 3.05) is 20.3 Å². The van der Waals surface area contributed by atoms with Gasteiger partial charge in [-0.25, -0.2) is 9.59 Å². The van der Waals surface area contributed by atoms with E-state index < -0.39 is 16.9 Å². The van der Waals surface area contributed by atoms with Crippen molar-refractivity contribution in [2.45, 2.75) is 26.7 Å². The summed E-state index contributed by atoms with van der Waals surface area (Å²) >= 11 is 0. The molecular weight excluding hydrogens is 426 g/mol. The number of nitro benzene ring substituents is 1. The van der Waals surface area contributed by atoms with Crippen LogP contribution in [0.3, 0.4) is 0 Å². The van der Waals surface area contributed by atoms with E-state index in [-0.39, 0.29) is 35.9 Å². The Morgan fingerprint density at radius 2 is 1.58 bits per heavy atom. The van der Waals surface area contributed by atoms with Crippen molar-refractivity contribution >= 4 is 28.4 Å². The summed E-state index contributed by atoms with van der Waals surface area (Å²) in [6, 6.07) is 13.2. The summed E-state index contributed by atoms with van der Waals surface area (Å²) in [4.78, 5) is 36.3. The van der Waals surface area contributed by atoms with Crippen LogP contribution < -0.4 is 4.74 Å². The maximum Gasteiger partial charge on any atom is 0.339 e. The van der Waals surface area contributed by atoms with E-state index in [0.717, 1.165) is 16.5 Å². The molecule has 0 spiro atoms. The van der Waals surface area contributed by atoms with Crippen molar-refractivity contribution in [2.24, 2.45) is 0 Å². The highest BCUT2D eigenvalue weighted by Gasteiger charge is 2.26. The summed E-state index contributed by atoms with van der Waals surface area (Å²) in [5, 5.41) is 12.3. The molecule has 3 aromatic rings. The van der Waals surface area contributed by atoms with E-state index in [4.69, 9.17) is 14.2 Å². The molecule has 0 heterocycles. The van der Waals surface area contributed by atoms with Crippen LogP contribution >= 0.6 is 0 Å². The van der Waals surface area contributed by atoms with Crippen molar-refractivity contribution in [1.29, 1.82) is 0 Å². The number of nitro groups is 1. The Kier molecular flexibility index (Phi) is 7.27. The second kappa shape index (κ2) is 10.1. The van der Waals surface area contributed by atoms with Crippen molar-refractivity contribution in [3.8, 4) is 5.75 Å². The van der Waals surface area contributed by atoms with Crippen LogP contribution in [0.1, 0.15) is 58.5 Å². The first-order chi connectivity index (χ1) is 15.8. The molecule has 172 valence electrons. The number of non-ortho nitro benzene ring substituents is 1. The van der Waals surface area contributed by atoms with Gasteiger partial charge < -0.3 is 14.2 Å². The van der Waals surface area contributed by atoms with Crippen molar-refractivity contribution < 1.29 is 28.7 Å². The average molecular weight is 451 g/mol. The summed E-state index contributed by atoms with van der Waals surface area (Å²) in [6.07, 6.45) is 0. The molecule has 33 heavy (non-hydrogen) atoms. The number of carbonyl (C=O) groups is 2. The molecule has 1 atom stereocenters. The molecule has 0 radical (unpaired) electrons. The fraction of sp³-hybridized carbons (Fsp3) is 0.280. The number of esters is 2. The fourth-order valence-corrected chi connectivity index (χ4v) is 3.77. The van der Waals surface area contributed by atoms with E-state index >= 15 is 0 Å². The Balaban J connectivity index is 2.30. The van der Waals surface area contributed by atoms with Crippen LogP contribution in [-0.2, 0) is 9.47 Å². The number of rotatable bonds is 8. The van der Waals surface area contributed by atoms with Crippen LogP contribution in [0.5, 0.6) is 5.75 Å². The summed E-state index contributed by atoms with van der Waals surface area (Å²) < 4.78 is 15.8. The number of fused-ring (bicyclic) bond motifs is 1. The largest absolute Gasteiger partial charge is 0.497 e. The van der Waals surface area contributed by atoms with Gasteiger partial charge >= 0.3 is 11.9 Å². The van der Waals surface area contributed by atoms with E-state index in [1.54, 1.807) is 44.2 Å². The van der Waals surface area contributed by atoms with Gasteiger partial charge in [0.2, 0.25) is 0 Å². The average Bonchev–Trinajstić information content (AvgIpc) is 2.82. The Bertz CT molecular complexity index is 1200. The maximum absolute atomic E-state index is 12.9. The Morgan fingerprint density at radius 3 is 2.15 bits per heavy atom. The minimum absolute atomic E-state index is 0.00887. The lowest BCUT2D eigenvalue weighted by molar-refractivity contribution is -0.384. The van der Waals surface area contributed by atoms with Crippen molar-refractivity contribution in [3.63, 3.8) is 0 Å². The molecule has 8 heteroatoms. The summed E-state index contributed by atoms with van der Waals surface area (Å²) in [6.45, 7) is 5.60. The molecule has 0 bridgehead atoms. The lowest BCUT2D eigenvalue weighted by Crippen LogP contribution is -2.16. The molecule has 0 amide bonds. The summed E-state index contributed by atoms with van der Waals surface area (Å²) in [7, 11) is 1.51. The standard InChI is InChI=1S/C25H25NO7/c1-5-32-24(27)22-14-20(15(3)16-7-9-17(10-8-16)26(29)30)19-12-11-18(31-4)13-21(19)23(22)25(28)33-6-2/h7-15H,5-6H2,1-4H3. The Labute approximate surface area is 191 Å². The molecule has 0 N–H and O–H groups in total. The van der Waals surface area contributed by atoms with Gasteiger partial charge in [-0.2, -0.15) is 0 Å². The number of nitrogens with zero attached hydrogens (tertiary/aromatic N) is 1. The molecule has 3 rings (SSSR count). The highest BCUT2D eigenvalue weighted by atomic mass is 16.6. The first-order valence-corrected chi connectivity index (χ1v) is 10.6. The highest BCUT2D eigenvalue weighted by molar-refractivity contribution is 6.14. The second-order valence-electron chi connectivity index (χ2n) is 7.31. The van der Waals surface area contributed by atoms with E-state index in [1.807, 2.05) is 13.0 Å². The third-order valence-corrected chi connectivity index (χ3v) is 5.42. The van der Waals surface area contributed by atoms with E-state index in [1.165, 1.54) is 19.2 Å². The smallest absolute Gasteiger partial charge is 0.339 e. The van der Waals surface area contributed by atoms with E-state index in [9.17, 15) is 19.7 Å². The molecule has 1 unspecified atom stereocenters. The fourth-order valence-electron chi connectivity index (χ4n) is 3.77. The van der Waals surface area contributed by atoms with Gasteiger partial charge in [0.05, 0.1) is 36.4 Å². The maximum atomic E-state index is 12.9. The van der Waals surface area contributed by atoms with Crippen LogP contribution in [0.4, 0.5) is 5.69 Å². The molecule has 0 aliphatic rings. The monoisotopic (exact) mass is 451 g/mol. The van der Waals surface area contributed by atoms with E-state index in [0.29, 0.717) is 11.1 Å². The number of ether oxygens (including phenoxy) is 3. The van der Waals surface area contributed by atoms with Gasteiger partial charge in [-0.05, 0) is 48.6 Å². The van der Waals surface area contributed by atoms with Crippen LogP contribution in [0.15, 0.2) is 48.5 Å². The minimum Gasteiger partial charge on any atom is -0.497 e. The molecule has 8 nitrogen and oxygen atoms in total. The van der Waals surface area contributed by atoms with Gasteiger partial charge in [-0.15, -0.1) is 0 Å². The lowest BCUT2D eigenvalue weighted by atomic mass is 9.85. The van der Waals surface area contributed by atoms with Gasteiger partial charge in [-0.1, -0.05) is 25.1 Å². The third-order valence-electron chi connectivity index (χ3n) is 5.42. The minimum atomic E-state index is -0.637. The second-order valence-corrected chi connectivity index (χ2v) is 7.31. The van der Waals surface area contributed by atoms with Gasteiger partial charge in [0.25, 0.3) is 5.69 Å². The van der Waals surface area contributed by atoms with Crippen LogP contribution in [0.25, 0.3) is 10.8 Å². The normalized spacial score (nSPS) is 11.6. The van der Waals surface area contributed by atoms with Crippen LogP contribution in [0, 0.1) is 10.1 Å². The zero-order valence-electron chi connectivity index (χ0n) is 18.9. The molecule has 0 saturated carbocycles. The molecule has 0 saturated heterocycles. The predicted octanol–water partition coefficient (Wildman–Crippen LogP) is 5.26. The van der Waals surface area contributed by atoms with Gasteiger partial charge in [-0.3, -0.25) is 10.1 Å². The van der Waals surface area contributed by atoms with Crippen LogP contribution in [0.2, 0.25) is 0 Å². The van der Waals surface area contributed by atoms with Gasteiger partial charge in [0.1, 0.15) is 5.75 Å². The van der Waals surface area contributed by atoms with Gasteiger partial charge in [0, 0.05) is 23.4 Å². The van der Waals surface area contributed by atoms with Crippen LogP contribution in [-0.4, -0.2) is 37.2 Å². The zero-order chi connectivity index (χ0) is 24.1.